The van der Waals surface area contributed by atoms with Gasteiger partial charge in [-0.2, -0.15) is 0 Å². The fourth-order valence-corrected chi connectivity index (χ4v) is 2.34. The number of hydrogen-bond acceptors (Lipinski definition) is 3. The number of amides is 1. The predicted octanol–water partition coefficient (Wildman–Crippen LogP) is 3.63. The lowest BCUT2D eigenvalue weighted by atomic mass is 10.2. The summed E-state index contributed by atoms with van der Waals surface area (Å²) in [6, 6.07) is 10.1. The second kappa shape index (κ2) is 6.72. The van der Waals surface area contributed by atoms with Gasteiger partial charge < -0.3 is 15.0 Å². The maximum Gasteiger partial charge on any atom is 0.341 e. The summed E-state index contributed by atoms with van der Waals surface area (Å²) in [5.41, 5.74) is 1.15. The molecule has 1 atom stereocenters. The first kappa shape index (κ1) is 16.6. The van der Waals surface area contributed by atoms with Crippen molar-refractivity contribution in [3.63, 3.8) is 0 Å². The van der Waals surface area contributed by atoms with Crippen LogP contribution in [0.25, 0.3) is 10.9 Å². The molecule has 0 aliphatic heterocycles. The summed E-state index contributed by atoms with van der Waals surface area (Å²) in [5, 5.41) is 3.05. The van der Waals surface area contributed by atoms with Crippen LogP contribution in [0, 0.1) is 11.6 Å². The lowest BCUT2D eigenvalue weighted by Crippen LogP contribution is -2.30. The van der Waals surface area contributed by atoms with E-state index in [1.165, 1.54) is 19.2 Å². The van der Waals surface area contributed by atoms with Crippen LogP contribution in [0.3, 0.4) is 0 Å². The molecule has 0 spiro atoms. The third-order valence-electron chi connectivity index (χ3n) is 3.65. The fraction of sp³-hybridized carbons (Fsp3) is 0.111. The minimum Gasteiger partial charge on any atom is -0.449 e. The van der Waals surface area contributed by atoms with E-state index in [0.29, 0.717) is 10.9 Å². The van der Waals surface area contributed by atoms with Crippen LogP contribution in [-0.2, 0) is 9.53 Å². The topological polar surface area (TPSA) is 71.2 Å². The second-order valence-electron chi connectivity index (χ2n) is 5.41. The molecule has 3 aromatic rings. The number of H-pyrrole nitrogens is 1. The normalized spacial score (nSPS) is 12.0. The quantitative estimate of drug-likeness (QED) is 0.710. The molecule has 25 heavy (non-hydrogen) atoms. The SMILES string of the molecule is C[C@@H](OC(=O)c1c[nH]c2ccccc12)C(=O)Nc1ccc(F)c(F)c1. The molecule has 0 radical (unpaired) electrons. The molecule has 0 fully saturated rings. The van der Waals surface area contributed by atoms with Gasteiger partial charge in [-0.25, -0.2) is 13.6 Å². The first-order valence-electron chi connectivity index (χ1n) is 7.48. The number of aromatic amines is 1. The van der Waals surface area contributed by atoms with Crippen molar-refractivity contribution >= 4 is 28.5 Å². The van der Waals surface area contributed by atoms with Gasteiger partial charge >= 0.3 is 5.97 Å². The summed E-state index contributed by atoms with van der Waals surface area (Å²) in [5.74, 6) is -3.41. The molecule has 1 amide bonds. The van der Waals surface area contributed by atoms with E-state index in [-0.39, 0.29) is 5.69 Å². The lowest BCUT2D eigenvalue weighted by molar-refractivity contribution is -0.123. The molecule has 1 heterocycles. The van der Waals surface area contributed by atoms with Crippen LogP contribution in [0.5, 0.6) is 0 Å². The summed E-state index contributed by atoms with van der Waals surface area (Å²) in [4.78, 5) is 27.3. The Hall–Kier alpha value is -3.22. The summed E-state index contributed by atoms with van der Waals surface area (Å²) in [6.07, 6.45) is 0.391. The van der Waals surface area contributed by atoms with Gasteiger partial charge in [-0.05, 0) is 25.1 Å². The number of halogens is 2. The first-order chi connectivity index (χ1) is 12.0. The van der Waals surface area contributed by atoms with Crippen LogP contribution in [-0.4, -0.2) is 23.0 Å². The van der Waals surface area contributed by atoms with E-state index in [2.05, 4.69) is 10.3 Å². The molecule has 3 rings (SSSR count). The van der Waals surface area contributed by atoms with Crippen LogP contribution in [0.1, 0.15) is 17.3 Å². The van der Waals surface area contributed by atoms with E-state index < -0.39 is 29.6 Å². The molecule has 5 nitrogen and oxygen atoms in total. The summed E-state index contributed by atoms with van der Waals surface area (Å²) < 4.78 is 31.2. The van der Waals surface area contributed by atoms with Crippen LogP contribution in [0.2, 0.25) is 0 Å². The van der Waals surface area contributed by atoms with E-state index in [4.69, 9.17) is 4.74 Å². The predicted molar refractivity (Wildman–Crippen MR) is 88.2 cm³/mol. The van der Waals surface area contributed by atoms with E-state index >= 15 is 0 Å². The number of rotatable bonds is 4. The summed E-state index contributed by atoms with van der Waals surface area (Å²) in [7, 11) is 0. The molecule has 2 aromatic carbocycles. The number of carbonyl (C=O) groups excluding carboxylic acids is 2. The molecule has 0 bridgehead atoms. The highest BCUT2D eigenvalue weighted by molar-refractivity contribution is 6.05. The van der Waals surface area contributed by atoms with Crippen molar-refractivity contribution < 1.29 is 23.1 Å². The van der Waals surface area contributed by atoms with Gasteiger partial charge in [-0.15, -0.1) is 0 Å². The molecule has 7 heteroatoms. The number of carbonyl (C=O) groups is 2. The van der Waals surface area contributed by atoms with Gasteiger partial charge in [0.25, 0.3) is 5.91 Å². The Labute approximate surface area is 141 Å². The Bertz CT molecular complexity index is 952. The third kappa shape index (κ3) is 3.50. The molecule has 128 valence electrons. The van der Waals surface area contributed by atoms with Crippen molar-refractivity contribution in [3.8, 4) is 0 Å². The smallest absolute Gasteiger partial charge is 0.341 e. The average molecular weight is 344 g/mol. The van der Waals surface area contributed by atoms with Gasteiger partial charge in [0.05, 0.1) is 5.56 Å². The van der Waals surface area contributed by atoms with Gasteiger partial charge in [0, 0.05) is 28.9 Å². The number of esters is 1. The van der Waals surface area contributed by atoms with Crippen molar-refractivity contribution in [1.82, 2.24) is 4.98 Å². The molecule has 1 aromatic heterocycles. The second-order valence-corrected chi connectivity index (χ2v) is 5.41. The van der Waals surface area contributed by atoms with E-state index in [1.807, 2.05) is 12.1 Å². The van der Waals surface area contributed by atoms with Crippen molar-refractivity contribution in [2.45, 2.75) is 13.0 Å². The number of fused-ring (bicyclic) bond motifs is 1. The third-order valence-corrected chi connectivity index (χ3v) is 3.65. The van der Waals surface area contributed by atoms with Crippen molar-refractivity contribution in [3.05, 3.63) is 65.9 Å². The molecular formula is C18H14F2N2O3. The minimum absolute atomic E-state index is 0.0684. The van der Waals surface area contributed by atoms with E-state index in [1.54, 1.807) is 12.1 Å². The highest BCUT2D eigenvalue weighted by atomic mass is 19.2. The number of benzene rings is 2. The molecule has 0 saturated heterocycles. The number of nitrogens with one attached hydrogen (secondary N) is 2. The summed E-state index contributed by atoms with van der Waals surface area (Å²) in [6.45, 7) is 1.39. The Morgan fingerprint density at radius 3 is 2.64 bits per heavy atom. The van der Waals surface area contributed by atoms with Gasteiger partial charge in [0.2, 0.25) is 0 Å². The zero-order chi connectivity index (χ0) is 18.0. The van der Waals surface area contributed by atoms with E-state index in [0.717, 1.165) is 17.6 Å². The number of aromatic nitrogens is 1. The number of hydrogen-bond donors (Lipinski definition) is 2. The minimum atomic E-state index is -1.12. The zero-order valence-electron chi connectivity index (χ0n) is 13.2. The maximum atomic E-state index is 13.2. The van der Waals surface area contributed by atoms with Crippen LogP contribution in [0.4, 0.5) is 14.5 Å². The van der Waals surface area contributed by atoms with Crippen molar-refractivity contribution in [2.75, 3.05) is 5.32 Å². The van der Waals surface area contributed by atoms with Gasteiger partial charge in [0.15, 0.2) is 17.7 Å². The van der Waals surface area contributed by atoms with Crippen LogP contribution in [0.15, 0.2) is 48.7 Å². The fourth-order valence-electron chi connectivity index (χ4n) is 2.34. The van der Waals surface area contributed by atoms with Crippen LogP contribution >= 0.6 is 0 Å². The Morgan fingerprint density at radius 2 is 1.88 bits per heavy atom. The number of anilines is 1. The standard InChI is InChI=1S/C18H14F2N2O3/c1-10(17(23)22-11-6-7-14(19)15(20)8-11)25-18(24)13-9-21-16-5-3-2-4-12(13)16/h2-10,21H,1H3,(H,22,23)/t10-/m1/s1. The molecule has 0 aliphatic carbocycles. The van der Waals surface area contributed by atoms with Gasteiger partial charge in [-0.1, -0.05) is 18.2 Å². The molecule has 2 N–H and O–H groups in total. The first-order valence-corrected chi connectivity index (χ1v) is 7.48. The van der Waals surface area contributed by atoms with Crippen molar-refractivity contribution in [1.29, 1.82) is 0 Å². The number of para-hydroxylation sites is 1. The maximum absolute atomic E-state index is 13.2. The Balaban J connectivity index is 1.68. The highest BCUT2D eigenvalue weighted by Crippen LogP contribution is 2.19. The average Bonchev–Trinajstić information content (AvgIpc) is 3.02. The molecule has 0 saturated carbocycles. The molecular weight excluding hydrogens is 330 g/mol. The number of ether oxygens (including phenoxy) is 1. The van der Waals surface area contributed by atoms with Gasteiger partial charge in [0.1, 0.15) is 0 Å². The zero-order valence-corrected chi connectivity index (χ0v) is 13.2. The molecule has 0 unspecified atom stereocenters. The van der Waals surface area contributed by atoms with Gasteiger partial charge in [-0.3, -0.25) is 4.79 Å². The Morgan fingerprint density at radius 1 is 1.12 bits per heavy atom. The van der Waals surface area contributed by atoms with E-state index in [9.17, 15) is 18.4 Å². The lowest BCUT2D eigenvalue weighted by Gasteiger charge is -2.13. The Kier molecular flexibility index (Phi) is 4.47. The highest BCUT2D eigenvalue weighted by Gasteiger charge is 2.21. The van der Waals surface area contributed by atoms with Crippen LogP contribution < -0.4 is 5.32 Å². The summed E-state index contributed by atoms with van der Waals surface area (Å²) >= 11 is 0. The monoisotopic (exact) mass is 344 g/mol. The largest absolute Gasteiger partial charge is 0.449 e. The van der Waals surface area contributed by atoms with Crippen molar-refractivity contribution in [2.24, 2.45) is 0 Å². The molecule has 0 aliphatic rings.